The first-order chi connectivity index (χ1) is 23.3. The minimum absolute atomic E-state index is 0.100. The second-order valence-corrected chi connectivity index (χ2v) is 11.4. The number of hydrogen-bond acceptors (Lipinski definition) is 6. The van der Waals surface area contributed by atoms with Gasteiger partial charge in [-0.05, 0) is 83.9 Å². The van der Waals surface area contributed by atoms with Gasteiger partial charge in [-0.3, -0.25) is 9.59 Å². The van der Waals surface area contributed by atoms with Gasteiger partial charge in [0.25, 0.3) is 0 Å². The number of aliphatic hydroxyl groups excluding tert-OH is 1. The number of ketones is 1. The number of methoxy groups -OCH3 is 3. The standard InChI is InChI=1S/C22H26O3.C19H21NO3/c1-17(9-10-18-7-5-4-6-8-18)15-20(23)13-11-19-12-14-21(24-2)22(16-19)25-3;1-23-18-10-7-15(8-11-18)9-12-19(22)20-17(14-21)13-16-5-3-2-4-6-16/h4-8,11-14,16-17H,9-10,15H2,1-3H3;2-12,17,21H,13-14H2,1H3,(H,20,22)/b13-11+;12-9+/t;17-/m.1/s1. The molecule has 0 aliphatic rings. The lowest BCUT2D eigenvalue weighted by Gasteiger charge is -2.15. The summed E-state index contributed by atoms with van der Waals surface area (Å²) in [4.78, 5) is 24.1. The molecule has 0 fully saturated rings. The van der Waals surface area contributed by atoms with Crippen LogP contribution in [0.1, 0.15) is 42.0 Å². The van der Waals surface area contributed by atoms with Crippen LogP contribution in [0.3, 0.4) is 0 Å². The third-order valence-electron chi connectivity index (χ3n) is 7.62. The van der Waals surface area contributed by atoms with Crippen molar-refractivity contribution in [3.63, 3.8) is 0 Å². The molecule has 0 saturated carbocycles. The number of amides is 1. The molecule has 4 aromatic rings. The molecule has 2 atom stereocenters. The van der Waals surface area contributed by atoms with Crippen LogP contribution >= 0.6 is 0 Å². The van der Waals surface area contributed by atoms with Crippen LogP contribution in [0.15, 0.2) is 115 Å². The Labute approximate surface area is 284 Å². The number of benzene rings is 4. The van der Waals surface area contributed by atoms with Crippen molar-refractivity contribution in [1.29, 1.82) is 0 Å². The summed E-state index contributed by atoms with van der Waals surface area (Å²) in [5, 5.41) is 12.2. The normalized spacial score (nSPS) is 12.1. The highest BCUT2D eigenvalue weighted by Gasteiger charge is 2.11. The lowest BCUT2D eigenvalue weighted by Crippen LogP contribution is -2.38. The molecule has 1 unspecified atom stereocenters. The summed E-state index contributed by atoms with van der Waals surface area (Å²) in [5.41, 5.74) is 4.22. The van der Waals surface area contributed by atoms with Crippen LogP contribution in [-0.4, -0.2) is 50.8 Å². The van der Waals surface area contributed by atoms with Crippen LogP contribution in [0.2, 0.25) is 0 Å². The molecule has 252 valence electrons. The van der Waals surface area contributed by atoms with E-state index in [1.807, 2.05) is 84.9 Å². The van der Waals surface area contributed by atoms with Gasteiger partial charge in [-0.2, -0.15) is 0 Å². The molecule has 0 spiro atoms. The van der Waals surface area contributed by atoms with Gasteiger partial charge in [0.2, 0.25) is 5.91 Å². The van der Waals surface area contributed by atoms with Crippen LogP contribution in [0, 0.1) is 5.92 Å². The molecule has 0 aliphatic carbocycles. The van der Waals surface area contributed by atoms with E-state index in [-0.39, 0.29) is 24.3 Å². The maximum Gasteiger partial charge on any atom is 0.244 e. The van der Waals surface area contributed by atoms with Crippen LogP contribution in [0.5, 0.6) is 17.2 Å². The third kappa shape index (κ3) is 13.7. The number of carbonyl (C=O) groups excluding carboxylic acids is 2. The highest BCUT2D eigenvalue weighted by atomic mass is 16.5. The van der Waals surface area contributed by atoms with Crippen LogP contribution < -0.4 is 19.5 Å². The maximum absolute atomic E-state index is 12.2. The van der Waals surface area contributed by atoms with Crippen molar-refractivity contribution in [2.75, 3.05) is 27.9 Å². The predicted molar refractivity (Wildman–Crippen MR) is 193 cm³/mol. The lowest BCUT2D eigenvalue weighted by atomic mass is 9.96. The van der Waals surface area contributed by atoms with Crippen molar-refractivity contribution in [1.82, 2.24) is 5.32 Å². The molecule has 0 aliphatic heterocycles. The van der Waals surface area contributed by atoms with E-state index in [1.54, 1.807) is 33.5 Å². The predicted octanol–water partition coefficient (Wildman–Crippen LogP) is 7.37. The Morgan fingerprint density at radius 1 is 0.729 bits per heavy atom. The van der Waals surface area contributed by atoms with Crippen LogP contribution in [0.4, 0.5) is 0 Å². The van der Waals surface area contributed by atoms with Gasteiger partial charge in [0.1, 0.15) is 5.75 Å². The average molecular weight is 650 g/mol. The molecule has 48 heavy (non-hydrogen) atoms. The van der Waals surface area contributed by atoms with Gasteiger partial charge < -0.3 is 24.6 Å². The number of hydrogen-bond donors (Lipinski definition) is 2. The fourth-order valence-corrected chi connectivity index (χ4v) is 4.91. The van der Waals surface area contributed by atoms with Gasteiger partial charge in [0.15, 0.2) is 17.3 Å². The van der Waals surface area contributed by atoms with Gasteiger partial charge in [0.05, 0.1) is 34.0 Å². The molecule has 0 saturated heterocycles. The summed E-state index contributed by atoms with van der Waals surface area (Å²) >= 11 is 0. The number of carbonyl (C=O) groups is 2. The zero-order valence-electron chi connectivity index (χ0n) is 28.3. The first-order valence-electron chi connectivity index (χ1n) is 16.1. The highest BCUT2D eigenvalue weighted by molar-refractivity contribution is 5.93. The Morgan fingerprint density at radius 3 is 1.94 bits per heavy atom. The van der Waals surface area contributed by atoms with Crippen molar-refractivity contribution < 1.29 is 28.9 Å². The molecular formula is C41H47NO6. The van der Waals surface area contributed by atoms with Gasteiger partial charge >= 0.3 is 0 Å². The summed E-state index contributed by atoms with van der Waals surface area (Å²) in [6, 6.07) is 32.9. The summed E-state index contributed by atoms with van der Waals surface area (Å²) in [6.07, 6.45) is 9.86. The number of ether oxygens (including phenoxy) is 3. The van der Waals surface area contributed by atoms with E-state index in [9.17, 15) is 14.7 Å². The van der Waals surface area contributed by atoms with E-state index in [1.165, 1.54) is 11.6 Å². The molecule has 1 amide bonds. The topological polar surface area (TPSA) is 94.1 Å². The van der Waals surface area contributed by atoms with E-state index < -0.39 is 0 Å². The van der Waals surface area contributed by atoms with Crippen molar-refractivity contribution in [2.45, 2.75) is 38.6 Å². The number of nitrogens with one attached hydrogen (secondary N) is 1. The summed E-state index contributed by atoms with van der Waals surface area (Å²) < 4.78 is 15.6. The molecule has 4 aromatic carbocycles. The fraction of sp³-hybridized carbons (Fsp3) is 0.268. The molecule has 2 N–H and O–H groups in total. The third-order valence-corrected chi connectivity index (χ3v) is 7.62. The Morgan fingerprint density at radius 2 is 1.33 bits per heavy atom. The minimum Gasteiger partial charge on any atom is -0.497 e. The summed E-state index contributed by atoms with van der Waals surface area (Å²) in [6.45, 7) is 2.03. The molecular weight excluding hydrogens is 602 g/mol. The van der Waals surface area contributed by atoms with E-state index in [0.717, 1.165) is 35.3 Å². The molecule has 0 heterocycles. The Balaban J connectivity index is 0.000000261. The maximum atomic E-state index is 12.2. The van der Waals surface area contributed by atoms with E-state index >= 15 is 0 Å². The van der Waals surface area contributed by atoms with Gasteiger partial charge in [-0.1, -0.05) is 91.9 Å². The molecule has 0 radical (unpaired) electrons. The Bertz CT molecular complexity index is 1580. The Hall–Kier alpha value is -5.14. The van der Waals surface area contributed by atoms with Crippen molar-refractivity contribution >= 4 is 23.8 Å². The summed E-state index contributed by atoms with van der Waals surface area (Å²) in [5.74, 6) is 2.40. The molecule has 0 bridgehead atoms. The van der Waals surface area contributed by atoms with Crippen LogP contribution in [-0.2, 0) is 22.4 Å². The monoisotopic (exact) mass is 649 g/mol. The highest BCUT2D eigenvalue weighted by Crippen LogP contribution is 2.28. The first-order valence-corrected chi connectivity index (χ1v) is 16.1. The largest absolute Gasteiger partial charge is 0.497 e. The van der Waals surface area contributed by atoms with E-state index in [4.69, 9.17) is 14.2 Å². The molecule has 0 aromatic heterocycles. The smallest absolute Gasteiger partial charge is 0.244 e. The number of aryl methyl sites for hydroxylation is 1. The van der Waals surface area contributed by atoms with Crippen molar-refractivity contribution in [2.24, 2.45) is 5.92 Å². The molecule has 7 heteroatoms. The number of allylic oxidation sites excluding steroid dienone is 1. The Kier molecular flexibility index (Phi) is 16.2. The zero-order chi connectivity index (χ0) is 34.6. The fourth-order valence-electron chi connectivity index (χ4n) is 4.91. The second kappa shape index (κ2) is 20.9. The van der Waals surface area contributed by atoms with Gasteiger partial charge in [-0.15, -0.1) is 0 Å². The van der Waals surface area contributed by atoms with Gasteiger partial charge in [0, 0.05) is 12.5 Å². The quantitative estimate of drug-likeness (QED) is 0.123. The molecule has 4 rings (SSSR count). The van der Waals surface area contributed by atoms with Crippen molar-refractivity contribution in [3.8, 4) is 17.2 Å². The van der Waals surface area contributed by atoms with E-state index in [0.29, 0.717) is 30.3 Å². The first kappa shape index (κ1) is 37.3. The minimum atomic E-state index is -0.301. The molecule has 7 nitrogen and oxygen atoms in total. The van der Waals surface area contributed by atoms with Crippen molar-refractivity contribution in [3.05, 3.63) is 138 Å². The summed E-state index contributed by atoms with van der Waals surface area (Å²) in [7, 11) is 4.82. The lowest BCUT2D eigenvalue weighted by molar-refractivity contribution is -0.117. The number of aliphatic hydroxyl groups is 1. The van der Waals surface area contributed by atoms with E-state index in [2.05, 4.69) is 36.5 Å². The SMILES string of the molecule is COc1ccc(/C=C/C(=O)CC(C)CCc2ccccc2)cc1OC.COc1ccc(/C=C/C(=O)N[C@@H](CO)Cc2ccccc2)cc1. The second-order valence-electron chi connectivity index (χ2n) is 11.4. The zero-order valence-corrected chi connectivity index (χ0v) is 28.3. The van der Waals surface area contributed by atoms with Crippen LogP contribution in [0.25, 0.3) is 12.2 Å². The number of rotatable bonds is 16. The van der Waals surface area contributed by atoms with Gasteiger partial charge in [-0.25, -0.2) is 0 Å². The average Bonchev–Trinajstić information content (AvgIpc) is 3.13.